The van der Waals surface area contributed by atoms with Crippen LogP contribution in [0, 0.1) is 12.8 Å². The van der Waals surface area contributed by atoms with E-state index in [2.05, 4.69) is 10.6 Å². The second kappa shape index (κ2) is 7.37. The second-order valence-electron chi connectivity index (χ2n) is 4.97. The fraction of sp³-hybridized carbons (Fsp3) is 0.429. The minimum atomic E-state index is -0.513. The van der Waals surface area contributed by atoms with Gasteiger partial charge in [0.1, 0.15) is 5.75 Å². The average Bonchev–Trinajstić information content (AvgIpc) is 2.35. The van der Waals surface area contributed by atoms with Gasteiger partial charge in [-0.3, -0.25) is 10.1 Å². The topological polar surface area (TPSA) is 93.4 Å². The van der Waals surface area contributed by atoms with Gasteiger partial charge in [-0.15, -0.1) is 0 Å². The van der Waals surface area contributed by atoms with Crippen molar-refractivity contribution in [3.8, 4) is 5.75 Å². The smallest absolute Gasteiger partial charge is 0.321 e. The lowest BCUT2D eigenvalue weighted by Crippen LogP contribution is -2.42. The molecule has 0 aliphatic heterocycles. The van der Waals surface area contributed by atoms with Crippen molar-refractivity contribution in [1.29, 1.82) is 0 Å². The van der Waals surface area contributed by atoms with E-state index >= 15 is 0 Å². The van der Waals surface area contributed by atoms with E-state index in [1.165, 1.54) is 0 Å². The highest BCUT2D eigenvalue weighted by molar-refractivity contribution is 5.95. The van der Waals surface area contributed by atoms with Crippen molar-refractivity contribution in [1.82, 2.24) is 10.6 Å². The van der Waals surface area contributed by atoms with Crippen LogP contribution in [0.1, 0.15) is 19.4 Å². The Bertz CT molecular complexity index is 487. The van der Waals surface area contributed by atoms with Crippen LogP contribution in [0.2, 0.25) is 0 Å². The highest BCUT2D eigenvalue weighted by atomic mass is 16.5. The molecule has 1 rings (SSSR count). The van der Waals surface area contributed by atoms with E-state index in [-0.39, 0.29) is 6.61 Å². The Hall–Kier alpha value is -2.24. The van der Waals surface area contributed by atoms with Gasteiger partial charge in [0, 0.05) is 12.2 Å². The molecule has 6 heteroatoms. The number of amides is 3. The molecule has 3 amide bonds. The zero-order chi connectivity index (χ0) is 15.1. The van der Waals surface area contributed by atoms with E-state index < -0.39 is 11.9 Å². The molecule has 0 aliphatic carbocycles. The van der Waals surface area contributed by atoms with E-state index in [9.17, 15) is 9.59 Å². The Morgan fingerprint density at radius 2 is 2.05 bits per heavy atom. The number of hydrogen-bond donors (Lipinski definition) is 3. The van der Waals surface area contributed by atoms with E-state index in [1.54, 1.807) is 18.2 Å². The van der Waals surface area contributed by atoms with Gasteiger partial charge < -0.3 is 15.8 Å². The lowest BCUT2D eigenvalue weighted by atomic mass is 10.2. The molecule has 4 N–H and O–H groups in total. The van der Waals surface area contributed by atoms with Gasteiger partial charge >= 0.3 is 6.03 Å². The number of benzene rings is 1. The van der Waals surface area contributed by atoms with Crippen molar-refractivity contribution < 1.29 is 14.3 Å². The van der Waals surface area contributed by atoms with E-state index in [0.29, 0.717) is 23.9 Å². The summed E-state index contributed by atoms with van der Waals surface area (Å²) in [5.74, 6) is 0.393. The summed E-state index contributed by atoms with van der Waals surface area (Å²) in [6.07, 6.45) is 0. The Balaban J connectivity index is 2.38. The van der Waals surface area contributed by atoms with E-state index in [1.807, 2.05) is 20.8 Å². The number of nitrogens with two attached hydrogens (primary N) is 1. The number of carbonyl (C=O) groups is 2. The van der Waals surface area contributed by atoms with Crippen molar-refractivity contribution in [3.63, 3.8) is 0 Å². The fourth-order valence-corrected chi connectivity index (χ4v) is 1.48. The number of urea groups is 1. The Kier molecular flexibility index (Phi) is 5.83. The van der Waals surface area contributed by atoms with Gasteiger partial charge in [-0.2, -0.15) is 0 Å². The van der Waals surface area contributed by atoms with Crippen LogP contribution < -0.4 is 21.1 Å². The van der Waals surface area contributed by atoms with E-state index in [4.69, 9.17) is 10.5 Å². The van der Waals surface area contributed by atoms with Gasteiger partial charge in [0.05, 0.1) is 0 Å². The number of imide groups is 1. The number of carbonyl (C=O) groups excluding carboxylic acids is 2. The third kappa shape index (κ3) is 5.60. The van der Waals surface area contributed by atoms with Crippen LogP contribution in [0.5, 0.6) is 5.75 Å². The number of nitrogen functional groups attached to an aromatic ring is 1. The van der Waals surface area contributed by atoms with Gasteiger partial charge in [0.15, 0.2) is 6.61 Å². The molecule has 0 aliphatic rings. The average molecular weight is 279 g/mol. The summed E-state index contributed by atoms with van der Waals surface area (Å²) < 4.78 is 5.33. The molecule has 0 saturated carbocycles. The van der Waals surface area contributed by atoms with Crippen LogP contribution in [-0.2, 0) is 4.79 Å². The molecule has 0 spiro atoms. The second-order valence-corrected chi connectivity index (χ2v) is 4.97. The number of ether oxygens (including phenoxy) is 1. The summed E-state index contributed by atoms with van der Waals surface area (Å²) in [5, 5.41) is 4.78. The Morgan fingerprint density at radius 1 is 1.35 bits per heavy atom. The van der Waals surface area contributed by atoms with Crippen molar-refractivity contribution in [2.24, 2.45) is 5.92 Å². The molecular formula is C14H21N3O3. The molecule has 0 fully saturated rings. The van der Waals surface area contributed by atoms with Crippen molar-refractivity contribution in [3.05, 3.63) is 23.8 Å². The van der Waals surface area contributed by atoms with Crippen LogP contribution in [0.4, 0.5) is 10.5 Å². The highest BCUT2D eigenvalue weighted by Crippen LogP contribution is 2.19. The summed E-state index contributed by atoms with van der Waals surface area (Å²) in [6.45, 7) is 6.06. The minimum Gasteiger partial charge on any atom is -0.483 e. The maximum atomic E-state index is 11.5. The number of anilines is 1. The van der Waals surface area contributed by atoms with Crippen LogP contribution in [0.25, 0.3) is 0 Å². The van der Waals surface area contributed by atoms with Gasteiger partial charge in [0.25, 0.3) is 5.91 Å². The molecule has 6 nitrogen and oxygen atoms in total. The molecule has 0 bridgehead atoms. The summed E-state index contributed by atoms with van der Waals surface area (Å²) in [4.78, 5) is 22.9. The third-order valence-electron chi connectivity index (χ3n) is 2.48. The largest absolute Gasteiger partial charge is 0.483 e. The van der Waals surface area contributed by atoms with Crippen LogP contribution >= 0.6 is 0 Å². The number of aryl methyl sites for hydroxylation is 1. The number of nitrogens with one attached hydrogen (secondary N) is 2. The molecule has 110 valence electrons. The Labute approximate surface area is 118 Å². The van der Waals surface area contributed by atoms with Crippen molar-refractivity contribution >= 4 is 17.6 Å². The van der Waals surface area contributed by atoms with E-state index in [0.717, 1.165) is 5.56 Å². The first-order valence-electron chi connectivity index (χ1n) is 6.45. The molecule has 0 aromatic heterocycles. The maximum Gasteiger partial charge on any atom is 0.321 e. The Morgan fingerprint density at radius 3 is 2.65 bits per heavy atom. The monoisotopic (exact) mass is 279 g/mol. The first-order chi connectivity index (χ1) is 9.38. The summed E-state index contributed by atoms with van der Waals surface area (Å²) >= 11 is 0. The molecule has 0 unspecified atom stereocenters. The van der Waals surface area contributed by atoms with Gasteiger partial charge in [-0.1, -0.05) is 13.8 Å². The van der Waals surface area contributed by atoms with Crippen molar-refractivity contribution in [2.45, 2.75) is 20.8 Å². The molecule has 0 radical (unpaired) electrons. The zero-order valence-corrected chi connectivity index (χ0v) is 12.0. The van der Waals surface area contributed by atoms with Crippen LogP contribution in [0.3, 0.4) is 0 Å². The lowest BCUT2D eigenvalue weighted by molar-refractivity contribution is -0.122. The predicted molar refractivity (Wildman–Crippen MR) is 77.5 cm³/mol. The standard InChI is InChI=1S/C14H21N3O3/c1-9(2)7-16-14(19)17-13(18)8-20-12-5-4-11(15)6-10(12)3/h4-6,9H,7-8,15H2,1-3H3,(H2,16,17,18,19). The van der Waals surface area contributed by atoms with Gasteiger partial charge in [-0.05, 0) is 36.6 Å². The summed E-state index contributed by atoms with van der Waals surface area (Å²) in [5.41, 5.74) is 7.09. The molecule has 0 atom stereocenters. The molecule has 0 heterocycles. The number of rotatable bonds is 5. The normalized spacial score (nSPS) is 10.2. The van der Waals surface area contributed by atoms with Crippen LogP contribution in [-0.4, -0.2) is 25.1 Å². The molecule has 1 aromatic carbocycles. The fourth-order valence-electron chi connectivity index (χ4n) is 1.48. The lowest BCUT2D eigenvalue weighted by Gasteiger charge is -2.11. The quantitative estimate of drug-likeness (QED) is 0.711. The number of hydrogen-bond acceptors (Lipinski definition) is 4. The van der Waals surface area contributed by atoms with Crippen LogP contribution in [0.15, 0.2) is 18.2 Å². The molecule has 0 saturated heterocycles. The summed E-state index contributed by atoms with van der Waals surface area (Å²) in [6, 6.07) is 4.62. The first-order valence-corrected chi connectivity index (χ1v) is 6.45. The predicted octanol–water partition coefficient (Wildman–Crippen LogP) is 1.44. The highest BCUT2D eigenvalue weighted by Gasteiger charge is 2.09. The molecular weight excluding hydrogens is 258 g/mol. The molecule has 20 heavy (non-hydrogen) atoms. The first kappa shape index (κ1) is 15.8. The maximum absolute atomic E-state index is 11.5. The van der Waals surface area contributed by atoms with Gasteiger partial charge in [-0.25, -0.2) is 4.79 Å². The van der Waals surface area contributed by atoms with Gasteiger partial charge in [0.2, 0.25) is 0 Å². The zero-order valence-electron chi connectivity index (χ0n) is 12.0. The molecule has 1 aromatic rings. The summed E-state index contributed by atoms with van der Waals surface area (Å²) in [7, 11) is 0. The minimum absolute atomic E-state index is 0.222. The third-order valence-corrected chi connectivity index (χ3v) is 2.48. The van der Waals surface area contributed by atoms with Crippen molar-refractivity contribution in [2.75, 3.05) is 18.9 Å². The SMILES string of the molecule is Cc1cc(N)ccc1OCC(=O)NC(=O)NCC(C)C.